The number of aryl methyl sites for hydroxylation is 1. The van der Waals surface area contributed by atoms with Crippen molar-refractivity contribution in [3.63, 3.8) is 0 Å². The number of hydrogen-bond acceptors (Lipinski definition) is 4. The summed E-state index contributed by atoms with van der Waals surface area (Å²) in [5.74, 6) is 0.0949. The summed E-state index contributed by atoms with van der Waals surface area (Å²) >= 11 is 0. The largest absolute Gasteiger partial charge is 0.398 e. The Morgan fingerprint density at radius 1 is 1.24 bits per heavy atom. The minimum Gasteiger partial charge on any atom is -0.398 e. The van der Waals surface area contributed by atoms with Crippen molar-refractivity contribution in [3.8, 4) is 0 Å². The Morgan fingerprint density at radius 2 is 1.81 bits per heavy atom. The van der Waals surface area contributed by atoms with Crippen LogP contribution in [0.1, 0.15) is 37.8 Å². The van der Waals surface area contributed by atoms with Crippen LogP contribution >= 0.6 is 0 Å². The maximum Gasteiger partial charge on any atom is 0.240 e. The van der Waals surface area contributed by atoms with Crippen LogP contribution in [0.2, 0.25) is 0 Å². The highest BCUT2D eigenvalue weighted by molar-refractivity contribution is 7.89. The van der Waals surface area contributed by atoms with Crippen LogP contribution in [-0.4, -0.2) is 26.2 Å². The zero-order valence-corrected chi connectivity index (χ0v) is 14.0. The molecule has 0 aliphatic rings. The second kappa shape index (κ2) is 7.24. The van der Waals surface area contributed by atoms with Crippen LogP contribution in [0.4, 0.5) is 5.69 Å². The predicted molar refractivity (Wildman–Crippen MR) is 85.6 cm³/mol. The Hall–Kier alpha value is -1.11. The zero-order chi connectivity index (χ0) is 16.2. The molecule has 0 bridgehead atoms. The Balaban J connectivity index is 2.88. The Bertz CT molecular complexity index is 558. The molecule has 0 aromatic heterocycles. The molecule has 0 heterocycles. The first-order valence-electron chi connectivity index (χ1n) is 7.27. The molecule has 21 heavy (non-hydrogen) atoms. The summed E-state index contributed by atoms with van der Waals surface area (Å²) in [5, 5.41) is 10.0. The van der Waals surface area contributed by atoms with Crippen molar-refractivity contribution in [2.75, 3.05) is 12.3 Å². The van der Waals surface area contributed by atoms with Crippen LogP contribution in [0.3, 0.4) is 0 Å². The van der Waals surface area contributed by atoms with Crippen LogP contribution in [-0.2, 0) is 10.0 Å². The van der Waals surface area contributed by atoms with Gasteiger partial charge in [0.25, 0.3) is 0 Å². The number of aliphatic hydroxyl groups is 1. The maximum atomic E-state index is 12.3. The molecule has 0 saturated heterocycles. The summed E-state index contributed by atoms with van der Waals surface area (Å²) in [6.45, 7) is 7.66. The molecule has 0 spiro atoms. The molecule has 1 atom stereocenters. The normalized spacial score (nSPS) is 13.6. The monoisotopic (exact) mass is 314 g/mol. The van der Waals surface area contributed by atoms with E-state index in [1.165, 1.54) is 6.07 Å². The molecule has 0 amide bonds. The third kappa shape index (κ3) is 4.43. The average Bonchev–Trinajstić information content (AvgIpc) is 2.43. The van der Waals surface area contributed by atoms with Crippen molar-refractivity contribution in [1.29, 1.82) is 0 Å². The number of rotatable bonds is 7. The van der Waals surface area contributed by atoms with Crippen LogP contribution in [0, 0.1) is 19.8 Å². The van der Waals surface area contributed by atoms with Gasteiger partial charge in [-0.1, -0.05) is 26.7 Å². The predicted octanol–water partition coefficient (Wildman–Crippen LogP) is 1.96. The molecule has 1 unspecified atom stereocenters. The van der Waals surface area contributed by atoms with Gasteiger partial charge in [0.1, 0.15) is 0 Å². The summed E-state index contributed by atoms with van der Waals surface area (Å²) in [4.78, 5) is 0.139. The molecule has 0 aliphatic heterocycles. The molecule has 5 nitrogen and oxygen atoms in total. The topological polar surface area (TPSA) is 92.4 Å². The molecular weight excluding hydrogens is 288 g/mol. The van der Waals surface area contributed by atoms with Crippen LogP contribution in [0.15, 0.2) is 17.0 Å². The van der Waals surface area contributed by atoms with Gasteiger partial charge in [-0.05, 0) is 43.0 Å². The molecule has 1 aromatic rings. The van der Waals surface area contributed by atoms with Crippen molar-refractivity contribution in [2.24, 2.45) is 5.92 Å². The molecule has 4 N–H and O–H groups in total. The van der Waals surface area contributed by atoms with Gasteiger partial charge in [-0.2, -0.15) is 0 Å². The minimum absolute atomic E-state index is 0.0154. The Labute approximate surface area is 127 Å². The highest BCUT2D eigenvalue weighted by Crippen LogP contribution is 2.21. The van der Waals surface area contributed by atoms with Crippen LogP contribution in [0.5, 0.6) is 0 Å². The summed E-state index contributed by atoms with van der Waals surface area (Å²) < 4.78 is 27.0. The number of hydrogen-bond donors (Lipinski definition) is 3. The van der Waals surface area contributed by atoms with E-state index in [9.17, 15) is 13.5 Å². The zero-order valence-electron chi connectivity index (χ0n) is 13.2. The lowest BCUT2D eigenvalue weighted by Gasteiger charge is -2.20. The number of nitrogens with two attached hydrogens (primary N) is 1. The van der Waals surface area contributed by atoms with E-state index in [0.29, 0.717) is 5.69 Å². The first-order valence-corrected chi connectivity index (χ1v) is 8.75. The summed E-state index contributed by atoms with van der Waals surface area (Å²) in [5.41, 5.74) is 7.99. The van der Waals surface area contributed by atoms with Crippen LogP contribution in [0.25, 0.3) is 0 Å². The Kier molecular flexibility index (Phi) is 6.19. The molecule has 0 aliphatic carbocycles. The molecule has 1 aromatic carbocycles. The fraction of sp³-hybridized carbons (Fsp3) is 0.600. The van der Waals surface area contributed by atoms with E-state index >= 15 is 0 Å². The van der Waals surface area contributed by atoms with Gasteiger partial charge in [0.2, 0.25) is 10.0 Å². The van der Waals surface area contributed by atoms with E-state index in [-0.39, 0.29) is 17.4 Å². The van der Waals surface area contributed by atoms with E-state index in [1.54, 1.807) is 6.07 Å². The highest BCUT2D eigenvalue weighted by Gasteiger charge is 2.21. The van der Waals surface area contributed by atoms with Crippen molar-refractivity contribution in [2.45, 2.75) is 51.5 Å². The maximum absolute atomic E-state index is 12.3. The first kappa shape index (κ1) is 17.9. The average molecular weight is 314 g/mol. The summed E-state index contributed by atoms with van der Waals surface area (Å²) in [6, 6.07) is 3.05. The lowest BCUT2D eigenvalue weighted by atomic mass is 9.97. The van der Waals surface area contributed by atoms with Gasteiger partial charge in [-0.3, -0.25) is 0 Å². The molecule has 120 valence electrons. The van der Waals surface area contributed by atoms with Gasteiger partial charge in [-0.15, -0.1) is 0 Å². The standard InChI is InChI=1S/C15H26N2O3S/c1-5-12(6-2)15(18)9-17-21(19,20)13-7-10(3)11(4)14(16)8-13/h7-8,12,15,17-18H,5-6,9,16H2,1-4H3. The van der Waals surface area contributed by atoms with E-state index in [2.05, 4.69) is 4.72 Å². The molecule has 0 saturated carbocycles. The number of aliphatic hydroxyl groups excluding tert-OH is 1. The number of sulfonamides is 1. The second-order valence-electron chi connectivity index (χ2n) is 5.45. The van der Waals surface area contributed by atoms with Gasteiger partial charge < -0.3 is 10.8 Å². The third-order valence-electron chi connectivity index (χ3n) is 4.07. The molecule has 1 rings (SSSR count). The minimum atomic E-state index is -3.66. The summed E-state index contributed by atoms with van der Waals surface area (Å²) in [7, 11) is -3.66. The molecule has 0 radical (unpaired) electrons. The highest BCUT2D eigenvalue weighted by atomic mass is 32.2. The fourth-order valence-corrected chi connectivity index (χ4v) is 3.46. The van der Waals surface area contributed by atoms with Gasteiger partial charge in [0, 0.05) is 12.2 Å². The van der Waals surface area contributed by atoms with E-state index in [4.69, 9.17) is 5.73 Å². The Morgan fingerprint density at radius 3 is 2.29 bits per heavy atom. The van der Waals surface area contributed by atoms with Gasteiger partial charge in [0.15, 0.2) is 0 Å². The lowest BCUT2D eigenvalue weighted by Crippen LogP contribution is -2.36. The SMILES string of the molecule is CCC(CC)C(O)CNS(=O)(=O)c1cc(C)c(C)c(N)c1. The van der Waals surface area contributed by atoms with Gasteiger partial charge >= 0.3 is 0 Å². The number of benzene rings is 1. The van der Waals surface area contributed by atoms with Gasteiger partial charge in [0.05, 0.1) is 11.0 Å². The van der Waals surface area contributed by atoms with Crippen molar-refractivity contribution in [3.05, 3.63) is 23.3 Å². The number of nitrogen functional groups attached to an aromatic ring is 1. The van der Waals surface area contributed by atoms with E-state index in [1.807, 2.05) is 27.7 Å². The van der Waals surface area contributed by atoms with Crippen LogP contribution < -0.4 is 10.5 Å². The fourth-order valence-electron chi connectivity index (χ4n) is 2.29. The van der Waals surface area contributed by atoms with Crippen molar-refractivity contribution >= 4 is 15.7 Å². The smallest absolute Gasteiger partial charge is 0.240 e. The lowest BCUT2D eigenvalue weighted by molar-refractivity contribution is 0.107. The third-order valence-corrected chi connectivity index (χ3v) is 5.47. The van der Waals surface area contributed by atoms with Crippen molar-refractivity contribution in [1.82, 2.24) is 4.72 Å². The number of anilines is 1. The first-order chi connectivity index (χ1) is 9.72. The second-order valence-corrected chi connectivity index (χ2v) is 7.22. The molecule has 0 fully saturated rings. The number of nitrogens with one attached hydrogen (secondary N) is 1. The molecule has 6 heteroatoms. The quantitative estimate of drug-likeness (QED) is 0.671. The molecular formula is C15H26N2O3S. The van der Waals surface area contributed by atoms with Crippen molar-refractivity contribution < 1.29 is 13.5 Å². The van der Waals surface area contributed by atoms with E-state index in [0.717, 1.165) is 24.0 Å². The summed E-state index contributed by atoms with van der Waals surface area (Å²) in [6.07, 6.45) is 0.949. The van der Waals surface area contributed by atoms with E-state index < -0.39 is 16.1 Å². The van der Waals surface area contributed by atoms with Gasteiger partial charge in [-0.25, -0.2) is 13.1 Å².